The molecule has 0 aromatic heterocycles. The molecule has 1 atom stereocenters. The molecule has 1 unspecified atom stereocenters. The van der Waals surface area contributed by atoms with Gasteiger partial charge in [0.1, 0.15) is 5.75 Å². The smallest absolute Gasteiger partial charge is 0.123 e. The maximum Gasteiger partial charge on any atom is 0.123 e. The summed E-state index contributed by atoms with van der Waals surface area (Å²) >= 11 is 0. The van der Waals surface area contributed by atoms with Gasteiger partial charge < -0.3 is 15.4 Å². The number of benzene rings is 1. The standard InChI is InChI=1S/C16H26N2O/c1-11(2)16-6-5-7-18(16)14-8-13(17)9-15(10-14)19-12(3)4/h8-12,16H,5-7,17H2,1-4H3. The first-order valence-electron chi connectivity index (χ1n) is 7.31. The van der Waals surface area contributed by atoms with Gasteiger partial charge in [-0.15, -0.1) is 0 Å². The van der Waals surface area contributed by atoms with Gasteiger partial charge in [0.2, 0.25) is 0 Å². The van der Waals surface area contributed by atoms with Crippen molar-refractivity contribution in [2.75, 3.05) is 17.2 Å². The van der Waals surface area contributed by atoms with Crippen LogP contribution in [0.1, 0.15) is 40.5 Å². The predicted octanol–water partition coefficient (Wildman–Crippen LogP) is 3.68. The van der Waals surface area contributed by atoms with Crippen LogP contribution in [0.25, 0.3) is 0 Å². The molecule has 1 fully saturated rings. The Morgan fingerprint density at radius 1 is 1.21 bits per heavy atom. The van der Waals surface area contributed by atoms with Crippen molar-refractivity contribution in [2.24, 2.45) is 5.92 Å². The molecule has 3 nitrogen and oxygen atoms in total. The monoisotopic (exact) mass is 262 g/mol. The Kier molecular flexibility index (Phi) is 4.23. The molecule has 1 aliphatic rings. The van der Waals surface area contributed by atoms with Crippen LogP contribution in [-0.2, 0) is 0 Å². The van der Waals surface area contributed by atoms with E-state index in [0.29, 0.717) is 12.0 Å². The van der Waals surface area contributed by atoms with Crippen LogP contribution >= 0.6 is 0 Å². The summed E-state index contributed by atoms with van der Waals surface area (Å²) < 4.78 is 5.78. The molecule has 106 valence electrons. The van der Waals surface area contributed by atoms with Crippen molar-refractivity contribution in [1.29, 1.82) is 0 Å². The van der Waals surface area contributed by atoms with Crippen molar-refractivity contribution in [3.8, 4) is 5.75 Å². The third-order valence-electron chi connectivity index (χ3n) is 3.69. The zero-order valence-corrected chi connectivity index (χ0v) is 12.5. The highest BCUT2D eigenvalue weighted by Crippen LogP contribution is 2.33. The van der Waals surface area contributed by atoms with Crippen molar-refractivity contribution >= 4 is 11.4 Å². The summed E-state index contributed by atoms with van der Waals surface area (Å²) in [6.45, 7) is 9.78. The van der Waals surface area contributed by atoms with E-state index >= 15 is 0 Å². The molecule has 1 saturated heterocycles. The average molecular weight is 262 g/mol. The molecule has 1 aromatic rings. The predicted molar refractivity (Wildman–Crippen MR) is 81.8 cm³/mol. The maximum atomic E-state index is 6.02. The minimum absolute atomic E-state index is 0.175. The van der Waals surface area contributed by atoms with Gasteiger partial charge in [-0.1, -0.05) is 13.8 Å². The van der Waals surface area contributed by atoms with E-state index in [1.807, 2.05) is 19.9 Å². The molecule has 0 spiro atoms. The minimum Gasteiger partial charge on any atom is -0.491 e. The Balaban J connectivity index is 2.26. The van der Waals surface area contributed by atoms with E-state index in [2.05, 4.69) is 30.9 Å². The average Bonchev–Trinajstić information content (AvgIpc) is 2.75. The Morgan fingerprint density at radius 2 is 1.95 bits per heavy atom. The summed E-state index contributed by atoms with van der Waals surface area (Å²) in [5.74, 6) is 1.54. The van der Waals surface area contributed by atoms with Gasteiger partial charge in [0.05, 0.1) is 6.10 Å². The normalized spacial score (nSPS) is 19.5. The van der Waals surface area contributed by atoms with Crippen molar-refractivity contribution in [2.45, 2.75) is 52.7 Å². The number of hydrogen-bond acceptors (Lipinski definition) is 3. The lowest BCUT2D eigenvalue weighted by Crippen LogP contribution is -2.33. The molecular weight excluding hydrogens is 236 g/mol. The molecule has 0 amide bonds. The molecule has 0 radical (unpaired) electrons. The van der Waals surface area contributed by atoms with E-state index in [4.69, 9.17) is 10.5 Å². The van der Waals surface area contributed by atoms with Gasteiger partial charge in [-0.3, -0.25) is 0 Å². The number of rotatable bonds is 4. The molecule has 2 N–H and O–H groups in total. The summed E-state index contributed by atoms with van der Waals surface area (Å²) in [6, 6.07) is 6.71. The molecule has 2 rings (SSSR count). The van der Waals surface area contributed by atoms with Crippen LogP contribution in [0.3, 0.4) is 0 Å². The van der Waals surface area contributed by atoms with Crippen molar-refractivity contribution in [3.63, 3.8) is 0 Å². The first-order chi connectivity index (χ1) is 8.97. The summed E-state index contributed by atoms with van der Waals surface area (Å²) in [5.41, 5.74) is 8.00. The molecule has 0 aliphatic carbocycles. The molecule has 1 aliphatic heterocycles. The lowest BCUT2D eigenvalue weighted by molar-refractivity contribution is 0.242. The van der Waals surface area contributed by atoms with Crippen molar-refractivity contribution < 1.29 is 4.74 Å². The van der Waals surface area contributed by atoms with E-state index in [0.717, 1.165) is 18.0 Å². The highest BCUT2D eigenvalue weighted by molar-refractivity contribution is 5.61. The van der Waals surface area contributed by atoms with Gasteiger partial charge in [0.15, 0.2) is 0 Å². The van der Waals surface area contributed by atoms with Crippen LogP contribution < -0.4 is 15.4 Å². The molecule has 3 heteroatoms. The lowest BCUT2D eigenvalue weighted by Gasteiger charge is -2.30. The van der Waals surface area contributed by atoms with Gasteiger partial charge >= 0.3 is 0 Å². The quantitative estimate of drug-likeness (QED) is 0.841. The SMILES string of the molecule is CC(C)Oc1cc(N)cc(N2CCCC2C(C)C)c1. The second-order valence-corrected chi connectivity index (χ2v) is 6.07. The van der Waals surface area contributed by atoms with E-state index < -0.39 is 0 Å². The second kappa shape index (κ2) is 5.72. The van der Waals surface area contributed by atoms with Gasteiger partial charge in [0, 0.05) is 36.1 Å². The Morgan fingerprint density at radius 3 is 2.58 bits per heavy atom. The van der Waals surface area contributed by atoms with Crippen molar-refractivity contribution in [3.05, 3.63) is 18.2 Å². The number of ether oxygens (including phenoxy) is 1. The van der Waals surface area contributed by atoms with Crippen molar-refractivity contribution in [1.82, 2.24) is 0 Å². The summed E-state index contributed by atoms with van der Waals surface area (Å²) in [7, 11) is 0. The second-order valence-electron chi connectivity index (χ2n) is 6.07. The Labute approximate surface area is 116 Å². The largest absolute Gasteiger partial charge is 0.491 e. The fourth-order valence-electron chi connectivity index (χ4n) is 2.92. The van der Waals surface area contributed by atoms with Gasteiger partial charge in [-0.2, -0.15) is 0 Å². The third kappa shape index (κ3) is 3.34. The number of anilines is 2. The zero-order chi connectivity index (χ0) is 14.0. The lowest BCUT2D eigenvalue weighted by atomic mass is 10.0. The maximum absolute atomic E-state index is 6.02. The zero-order valence-electron chi connectivity index (χ0n) is 12.5. The number of nitrogen functional groups attached to an aromatic ring is 1. The van der Waals surface area contributed by atoms with E-state index in [1.165, 1.54) is 18.5 Å². The van der Waals surface area contributed by atoms with Crippen LogP contribution in [-0.4, -0.2) is 18.7 Å². The first-order valence-corrected chi connectivity index (χ1v) is 7.31. The van der Waals surface area contributed by atoms with Crippen LogP contribution in [0.2, 0.25) is 0 Å². The Bertz CT molecular complexity index is 429. The molecule has 1 aromatic carbocycles. The van der Waals surface area contributed by atoms with Crippen LogP contribution in [0.15, 0.2) is 18.2 Å². The van der Waals surface area contributed by atoms with Gasteiger partial charge in [-0.05, 0) is 38.7 Å². The molecule has 19 heavy (non-hydrogen) atoms. The minimum atomic E-state index is 0.175. The molecular formula is C16H26N2O. The molecule has 1 heterocycles. The number of hydrogen-bond donors (Lipinski definition) is 1. The first kappa shape index (κ1) is 14.0. The van der Waals surface area contributed by atoms with E-state index in [-0.39, 0.29) is 6.10 Å². The fraction of sp³-hybridized carbons (Fsp3) is 0.625. The topological polar surface area (TPSA) is 38.5 Å². The highest BCUT2D eigenvalue weighted by atomic mass is 16.5. The number of nitrogens with two attached hydrogens (primary N) is 1. The molecule has 0 saturated carbocycles. The fourth-order valence-corrected chi connectivity index (χ4v) is 2.92. The Hall–Kier alpha value is -1.38. The summed E-state index contributed by atoms with van der Waals surface area (Å²) in [5, 5.41) is 0. The molecule has 0 bridgehead atoms. The van der Waals surface area contributed by atoms with E-state index in [1.54, 1.807) is 0 Å². The highest BCUT2D eigenvalue weighted by Gasteiger charge is 2.27. The van der Waals surface area contributed by atoms with Gasteiger partial charge in [-0.25, -0.2) is 0 Å². The van der Waals surface area contributed by atoms with Crippen LogP contribution in [0, 0.1) is 5.92 Å². The third-order valence-corrected chi connectivity index (χ3v) is 3.69. The van der Waals surface area contributed by atoms with Crippen LogP contribution in [0.4, 0.5) is 11.4 Å². The van der Waals surface area contributed by atoms with Crippen LogP contribution in [0.5, 0.6) is 5.75 Å². The van der Waals surface area contributed by atoms with E-state index in [9.17, 15) is 0 Å². The summed E-state index contributed by atoms with van der Waals surface area (Å²) in [4.78, 5) is 2.48. The van der Waals surface area contributed by atoms with Gasteiger partial charge in [0.25, 0.3) is 0 Å². The summed E-state index contributed by atoms with van der Waals surface area (Å²) in [6.07, 6.45) is 2.71. The number of nitrogens with zero attached hydrogens (tertiary/aromatic N) is 1.